The number of hydrogen-bond donors (Lipinski definition) is 0. The summed E-state index contributed by atoms with van der Waals surface area (Å²) in [6.45, 7) is 5.26. The molecule has 1 heterocycles. The van der Waals surface area contributed by atoms with Crippen molar-refractivity contribution in [3.8, 4) is 0 Å². The Labute approximate surface area is 126 Å². The zero-order valence-electron chi connectivity index (χ0n) is 13.1. The van der Waals surface area contributed by atoms with Gasteiger partial charge in [-0.05, 0) is 62.7 Å². The monoisotopic (exact) mass is 287 g/mol. The van der Waals surface area contributed by atoms with Crippen molar-refractivity contribution in [3.63, 3.8) is 0 Å². The van der Waals surface area contributed by atoms with Gasteiger partial charge in [0.2, 0.25) is 0 Å². The highest BCUT2D eigenvalue weighted by Gasteiger charge is 2.58. The fourth-order valence-corrected chi connectivity index (χ4v) is 6.07. The van der Waals surface area contributed by atoms with Gasteiger partial charge < -0.3 is 0 Å². The van der Waals surface area contributed by atoms with Gasteiger partial charge in [0.25, 0.3) is 0 Å². The molecule has 4 fully saturated rings. The topological polar surface area (TPSA) is 47.8 Å². The standard InChI is InChI=1S/C17H25N3O/c1-3-20-15(18-11-19-20)5-14(21)17-8-12-4-13(9-17)7-16(2,6-12)10-17/h11-13H,3-10H2,1-2H3. The third-order valence-corrected chi connectivity index (χ3v) is 6.26. The molecular formula is C17H25N3O. The molecule has 114 valence electrons. The average molecular weight is 287 g/mol. The van der Waals surface area contributed by atoms with Crippen LogP contribution in [0.3, 0.4) is 0 Å². The number of aromatic nitrogens is 3. The van der Waals surface area contributed by atoms with Crippen LogP contribution < -0.4 is 0 Å². The number of hydrogen-bond acceptors (Lipinski definition) is 3. The van der Waals surface area contributed by atoms with Crippen molar-refractivity contribution in [2.45, 2.75) is 65.3 Å². The first-order chi connectivity index (χ1) is 10.0. The maximum Gasteiger partial charge on any atom is 0.146 e. The van der Waals surface area contributed by atoms with E-state index in [9.17, 15) is 4.79 Å². The first kappa shape index (κ1) is 13.5. The molecule has 4 aliphatic rings. The van der Waals surface area contributed by atoms with Crippen LogP contribution in [0.1, 0.15) is 58.2 Å². The molecule has 4 heteroatoms. The van der Waals surface area contributed by atoms with E-state index in [1.165, 1.54) is 19.3 Å². The number of rotatable bonds is 4. The maximum atomic E-state index is 13.1. The zero-order chi connectivity index (χ0) is 14.7. The quantitative estimate of drug-likeness (QED) is 0.855. The molecular weight excluding hydrogens is 262 g/mol. The van der Waals surface area contributed by atoms with Gasteiger partial charge in [-0.1, -0.05) is 6.92 Å². The van der Waals surface area contributed by atoms with Crippen molar-refractivity contribution in [2.75, 3.05) is 0 Å². The fourth-order valence-electron chi connectivity index (χ4n) is 6.07. The Bertz CT molecular complexity index is 562. The van der Waals surface area contributed by atoms with Crippen LogP contribution >= 0.6 is 0 Å². The SMILES string of the molecule is CCn1ncnc1CC(=O)C12CC3CC(CC(C)(C3)C1)C2. The smallest absolute Gasteiger partial charge is 0.146 e. The van der Waals surface area contributed by atoms with Gasteiger partial charge >= 0.3 is 0 Å². The largest absolute Gasteiger partial charge is 0.299 e. The van der Waals surface area contributed by atoms with Crippen LogP contribution in [0.2, 0.25) is 0 Å². The highest BCUT2D eigenvalue weighted by Crippen LogP contribution is 2.65. The second kappa shape index (κ2) is 4.40. The molecule has 1 aromatic rings. The number of ketones is 1. The number of nitrogens with zero attached hydrogens (tertiary/aromatic N) is 3. The van der Waals surface area contributed by atoms with Gasteiger partial charge in [-0.2, -0.15) is 5.10 Å². The van der Waals surface area contributed by atoms with E-state index >= 15 is 0 Å². The van der Waals surface area contributed by atoms with E-state index < -0.39 is 0 Å². The van der Waals surface area contributed by atoms with Crippen molar-refractivity contribution in [3.05, 3.63) is 12.2 Å². The number of carbonyl (C=O) groups is 1. The van der Waals surface area contributed by atoms with Gasteiger partial charge in [0.05, 0.1) is 6.42 Å². The van der Waals surface area contributed by atoms with Crippen LogP contribution in [0.25, 0.3) is 0 Å². The molecule has 0 aromatic carbocycles. The molecule has 4 nitrogen and oxygen atoms in total. The summed E-state index contributed by atoms with van der Waals surface area (Å²) in [5, 5.41) is 4.20. The maximum absolute atomic E-state index is 13.1. The molecule has 4 aliphatic carbocycles. The lowest BCUT2D eigenvalue weighted by molar-refractivity contribution is -0.152. The third-order valence-electron chi connectivity index (χ3n) is 6.26. The molecule has 0 radical (unpaired) electrons. The summed E-state index contributed by atoms with van der Waals surface area (Å²) in [4.78, 5) is 17.4. The van der Waals surface area contributed by atoms with Gasteiger partial charge in [-0.3, -0.25) is 4.79 Å². The lowest BCUT2D eigenvalue weighted by Gasteiger charge is -2.60. The minimum atomic E-state index is -0.0383. The van der Waals surface area contributed by atoms with Gasteiger partial charge in [-0.15, -0.1) is 0 Å². The van der Waals surface area contributed by atoms with Gasteiger partial charge in [0, 0.05) is 12.0 Å². The summed E-state index contributed by atoms with van der Waals surface area (Å²) < 4.78 is 1.86. The fraction of sp³-hybridized carbons (Fsp3) is 0.824. The van der Waals surface area contributed by atoms with E-state index in [-0.39, 0.29) is 5.41 Å². The van der Waals surface area contributed by atoms with Gasteiger partial charge in [0.15, 0.2) is 0 Å². The third kappa shape index (κ3) is 2.06. The molecule has 5 rings (SSSR count). The highest BCUT2D eigenvalue weighted by atomic mass is 16.1. The highest BCUT2D eigenvalue weighted by molar-refractivity contribution is 5.86. The normalized spacial score (nSPS) is 40.7. The Morgan fingerprint density at radius 3 is 2.67 bits per heavy atom. The molecule has 0 N–H and O–H groups in total. The van der Waals surface area contributed by atoms with E-state index in [0.29, 0.717) is 17.6 Å². The molecule has 2 atom stereocenters. The van der Waals surface area contributed by atoms with Crippen LogP contribution in [0.4, 0.5) is 0 Å². The van der Waals surface area contributed by atoms with Crippen LogP contribution in [-0.2, 0) is 17.8 Å². The minimum Gasteiger partial charge on any atom is -0.299 e. The van der Waals surface area contributed by atoms with Crippen molar-refractivity contribution in [2.24, 2.45) is 22.7 Å². The molecule has 4 saturated carbocycles. The number of Topliss-reactive ketones (excluding diaryl/α,β-unsaturated/α-hetero) is 1. The second-order valence-electron chi connectivity index (χ2n) is 8.14. The summed E-state index contributed by atoms with van der Waals surface area (Å²) in [5.74, 6) is 2.88. The Morgan fingerprint density at radius 2 is 2.05 bits per heavy atom. The van der Waals surface area contributed by atoms with Crippen LogP contribution in [-0.4, -0.2) is 20.5 Å². The lowest BCUT2D eigenvalue weighted by atomic mass is 9.43. The summed E-state index contributed by atoms with van der Waals surface area (Å²) >= 11 is 0. The zero-order valence-corrected chi connectivity index (χ0v) is 13.1. The van der Waals surface area contributed by atoms with Gasteiger partial charge in [0.1, 0.15) is 17.9 Å². The number of carbonyl (C=O) groups excluding carboxylic acids is 1. The van der Waals surface area contributed by atoms with E-state index in [0.717, 1.165) is 43.5 Å². The molecule has 21 heavy (non-hydrogen) atoms. The summed E-state index contributed by atoms with van der Waals surface area (Å²) in [5.41, 5.74) is 0.390. The summed E-state index contributed by atoms with van der Waals surface area (Å²) in [6, 6.07) is 0. The first-order valence-corrected chi connectivity index (χ1v) is 8.42. The number of aryl methyl sites for hydroxylation is 1. The van der Waals surface area contributed by atoms with E-state index in [4.69, 9.17) is 0 Å². The van der Waals surface area contributed by atoms with Crippen LogP contribution in [0.15, 0.2) is 6.33 Å². The van der Waals surface area contributed by atoms with Crippen LogP contribution in [0.5, 0.6) is 0 Å². The summed E-state index contributed by atoms with van der Waals surface area (Å²) in [6.07, 6.45) is 9.52. The lowest BCUT2D eigenvalue weighted by Crippen LogP contribution is -2.54. The Morgan fingerprint density at radius 1 is 1.33 bits per heavy atom. The first-order valence-electron chi connectivity index (χ1n) is 8.42. The van der Waals surface area contributed by atoms with E-state index in [2.05, 4.69) is 23.9 Å². The van der Waals surface area contributed by atoms with Crippen molar-refractivity contribution in [1.82, 2.24) is 14.8 Å². The summed E-state index contributed by atoms with van der Waals surface area (Å²) in [7, 11) is 0. The van der Waals surface area contributed by atoms with Crippen molar-refractivity contribution < 1.29 is 4.79 Å². The van der Waals surface area contributed by atoms with Crippen LogP contribution in [0, 0.1) is 22.7 Å². The molecule has 4 bridgehead atoms. The molecule has 0 aliphatic heterocycles. The van der Waals surface area contributed by atoms with Crippen molar-refractivity contribution in [1.29, 1.82) is 0 Å². The second-order valence-corrected chi connectivity index (χ2v) is 8.14. The average Bonchev–Trinajstić information content (AvgIpc) is 2.83. The molecule has 0 amide bonds. The predicted molar refractivity (Wildman–Crippen MR) is 79.6 cm³/mol. The van der Waals surface area contributed by atoms with Crippen molar-refractivity contribution >= 4 is 5.78 Å². The Hall–Kier alpha value is -1.19. The predicted octanol–water partition coefficient (Wildman–Crippen LogP) is 3.02. The van der Waals surface area contributed by atoms with E-state index in [1.54, 1.807) is 6.33 Å². The Balaban J connectivity index is 1.59. The van der Waals surface area contributed by atoms with Gasteiger partial charge in [-0.25, -0.2) is 9.67 Å². The molecule has 0 saturated heterocycles. The minimum absolute atomic E-state index is 0.0383. The molecule has 2 unspecified atom stereocenters. The van der Waals surface area contributed by atoms with E-state index in [1.807, 2.05) is 4.68 Å². The molecule has 1 aromatic heterocycles. The molecule has 0 spiro atoms. The Kier molecular flexibility index (Phi) is 2.82.